The topological polar surface area (TPSA) is 0 Å². The van der Waals surface area contributed by atoms with Gasteiger partial charge in [0.05, 0.1) is 0 Å². The summed E-state index contributed by atoms with van der Waals surface area (Å²) < 4.78 is 0. The van der Waals surface area contributed by atoms with Crippen molar-refractivity contribution in [2.24, 2.45) is 0 Å². The van der Waals surface area contributed by atoms with Crippen molar-refractivity contribution in [1.29, 1.82) is 0 Å². The maximum absolute atomic E-state index is 4.61. The van der Waals surface area contributed by atoms with E-state index in [1.54, 1.807) is 0 Å². The van der Waals surface area contributed by atoms with Crippen LogP contribution in [0.3, 0.4) is 0 Å². The van der Waals surface area contributed by atoms with E-state index in [1.165, 1.54) is 0 Å². The van der Waals surface area contributed by atoms with Crippen molar-refractivity contribution in [3.63, 3.8) is 0 Å². The fourth-order valence-corrected chi connectivity index (χ4v) is 845. The summed E-state index contributed by atoms with van der Waals surface area (Å²) in [5.41, 5.74) is 0. The van der Waals surface area contributed by atoms with Crippen LogP contribution in [-0.2, 0) is 0 Å². The van der Waals surface area contributed by atoms with Gasteiger partial charge in [-0.3, -0.25) is 0 Å². The van der Waals surface area contributed by atoms with Crippen LogP contribution in [-0.4, -0.2) is 0 Å². The predicted octanol–water partition coefficient (Wildman–Crippen LogP) is 35.0. The second-order valence-electron chi connectivity index (χ2n) is 9.23. The Bertz CT molecular complexity index is 902. The molecule has 0 bridgehead atoms. The highest BCUT2D eigenvalue weighted by Gasteiger charge is 2.61. The Morgan fingerprint density at radius 3 is 0.458 bits per heavy atom. The van der Waals surface area contributed by atoms with Gasteiger partial charge in [-0.25, -0.2) is 0 Å². The van der Waals surface area contributed by atoms with E-state index in [-0.39, 0.29) is 196 Å². The Hall–Kier alpha value is 25.4. The van der Waals surface area contributed by atoms with Crippen molar-refractivity contribution < 1.29 is 0 Å². The van der Waals surface area contributed by atoms with E-state index in [4.69, 9.17) is 0 Å². The first-order chi connectivity index (χ1) is 26.9. The lowest BCUT2D eigenvalue weighted by Crippen LogP contribution is -1.72. The van der Waals surface area contributed by atoms with Crippen molar-refractivity contribution in [1.82, 2.24) is 0 Å². The Morgan fingerprint density at radius 1 is 0.203 bits per heavy atom. The molecule has 0 aliphatic carbocycles. The van der Waals surface area contributed by atoms with E-state index in [9.17, 15) is 0 Å². The Balaban J connectivity index is 10.5. The van der Waals surface area contributed by atoms with E-state index in [2.05, 4.69) is 268 Å². The fraction of sp³-hybridized carbons (Fsp3) is 0. The molecule has 0 aromatic rings. The molecule has 2 radical (unpaired) electrons. The van der Waals surface area contributed by atoms with Gasteiger partial charge in [0.15, 0.2) is 0 Å². The molecular weight excluding hydrogens is 1830 g/mol. The summed E-state index contributed by atoms with van der Waals surface area (Å²) in [6, 6.07) is 0. The zero-order valence-corrected chi connectivity index (χ0v) is 90.6. The van der Waals surface area contributed by atoms with Crippen LogP contribution in [0.1, 0.15) is 0 Å². The van der Waals surface area contributed by atoms with Gasteiger partial charge in [-0.1, -0.05) is 25.8 Å². The minimum atomic E-state index is -0.341. The lowest BCUT2D eigenvalue weighted by molar-refractivity contribution is 4.34. The largest absolute Gasteiger partial charge is 0.102 e. The highest BCUT2D eigenvalue weighted by atomic mass is 33.6. The first-order valence-corrected chi connectivity index (χ1v) is 120. The van der Waals surface area contributed by atoms with E-state index in [0.717, 1.165) is 7.96 Å². The average Bonchev–Trinajstić information content (AvgIpc) is 3.02. The minimum absolute atomic E-state index is 0.192. The molecule has 0 saturated heterocycles. The van der Waals surface area contributed by atoms with Crippen LogP contribution in [0.25, 0.3) is 0 Å². The third-order valence-corrected chi connectivity index (χ3v) is 414. The first-order valence-electron chi connectivity index (χ1n) is 13.3. The van der Waals surface area contributed by atoms with Gasteiger partial charge < -0.3 is 0 Å². The van der Waals surface area contributed by atoms with Crippen LogP contribution in [0, 0.1) is 0 Å². The van der Waals surface area contributed by atoms with Crippen molar-refractivity contribution >= 4 is 471 Å². The molecule has 0 fully saturated rings. The molecule has 0 saturated carbocycles. The molecule has 0 amide bonds. The van der Waals surface area contributed by atoms with Crippen LogP contribution in [0.2, 0.25) is 0 Å². The van der Waals surface area contributed by atoms with Crippen LogP contribution in [0.15, 0.2) is 0 Å². The highest BCUT2D eigenvalue weighted by Crippen LogP contribution is 3.48. The normalized spacial score (nSPS) is 16.1. The maximum atomic E-state index is 4.61. The molecule has 59 heteroatoms. The molecule has 59 heavy (non-hydrogen) atoms. The number of hydrogen-bond acceptors (Lipinski definition) is 0. The third kappa shape index (κ3) is 30.1. The lowest BCUT2D eigenvalue weighted by Gasteiger charge is -2.60. The van der Waals surface area contributed by atoms with Gasteiger partial charge in [-0.2, -0.15) is 0 Å². The van der Waals surface area contributed by atoms with E-state index < -0.39 is 0 Å². The minimum Gasteiger partial charge on any atom is -0.102 e. The summed E-state index contributed by atoms with van der Waals surface area (Å²) in [6.07, 6.45) is 0. The molecule has 0 spiro atoms. The zero-order chi connectivity index (χ0) is 46.9. The fourth-order valence-electron chi connectivity index (χ4n) is 3.48. The quantitative estimate of drug-likeness (QED) is 0.0685. The van der Waals surface area contributed by atoms with Crippen molar-refractivity contribution in [2.75, 3.05) is 0 Å². The van der Waals surface area contributed by atoms with Gasteiger partial charge in [-0.15, -0.1) is 250 Å². The second-order valence-corrected chi connectivity index (χ2v) is 249. The summed E-state index contributed by atoms with van der Waals surface area (Å²) in [5, 5.41) is 0. The third-order valence-electron chi connectivity index (χ3n) is 5.11. The average molecular weight is 1890 g/mol. The highest BCUT2D eigenvalue weighted by molar-refractivity contribution is 9.54. The standard InChI is InChI=1S/H59P59/c1-31-46(30)54(47(32(2)3)33(4)5)58(55(48(34(6)7)35(8)9)49(36(10)11)37(12)13)59(56(50(38(14)15)39(16)17)51(40(18)19)41(20)21)57(52(42(22)23)43(24)25)53(44(26)27)45(28)29/h1-2,31H,3-30H2. The smallest absolute Gasteiger partial charge is 0.0000117 e. The van der Waals surface area contributed by atoms with Crippen molar-refractivity contribution in [3.8, 4) is 0 Å². The van der Waals surface area contributed by atoms with Gasteiger partial charge >= 0.3 is 0 Å². The molecular formula is H59P59. The van der Waals surface area contributed by atoms with E-state index in [1.807, 2.05) is 0 Å². The van der Waals surface area contributed by atoms with Crippen molar-refractivity contribution in [3.05, 3.63) is 0 Å². The summed E-state index contributed by atoms with van der Waals surface area (Å²) in [7, 11) is 109. The molecule has 0 aromatic carbocycles. The van der Waals surface area contributed by atoms with Gasteiger partial charge in [0.25, 0.3) is 0 Å². The summed E-state index contributed by atoms with van der Waals surface area (Å²) >= 11 is 0. The lowest BCUT2D eigenvalue weighted by atomic mass is 28.4. The SMILES string of the molecule is [PH]PP(P)P(P(P([PH])P)P(P)P)P(P(P(P(P)P)P(P)P)P(P(P)P)P(P)P)P(P(P(P(P)P)P(P)P)P(P(P)P)P(P)P)P(P(P(P)P)P(P)P)P(P(P)P)P(P)P. The van der Waals surface area contributed by atoms with Gasteiger partial charge in [-0.05, 0) is 196 Å². The van der Waals surface area contributed by atoms with Gasteiger partial charge in [0.2, 0.25) is 0 Å². The predicted molar refractivity (Wildman–Crippen MR) is 491 cm³/mol. The molecule has 0 aliphatic heterocycles. The monoisotopic (exact) mass is 1890 g/mol. The molecule has 0 rings (SSSR count). The Labute approximate surface area is 464 Å². The molecule has 34 unspecified atom stereocenters. The molecule has 0 N–H and O–H groups in total. The van der Waals surface area contributed by atoms with Gasteiger partial charge in [0, 0.05) is 0 Å². The van der Waals surface area contributed by atoms with Crippen LogP contribution in [0.5, 0.6) is 0 Å². The molecule has 0 aliphatic rings. The summed E-state index contributed by atoms with van der Waals surface area (Å²) in [5.74, 6) is 0. The second kappa shape index (κ2) is 46.4. The molecule has 34 atom stereocenters. The molecule has 0 heterocycles. The Morgan fingerprint density at radius 2 is 0.339 bits per heavy atom. The molecule has 0 nitrogen and oxygen atoms in total. The van der Waals surface area contributed by atoms with Crippen LogP contribution < -0.4 is 0 Å². The van der Waals surface area contributed by atoms with Gasteiger partial charge in [0.1, 0.15) is 0 Å². The summed E-state index contributed by atoms with van der Waals surface area (Å²) in [6.45, 7) is -6.68. The zero-order valence-electron chi connectivity index (χ0n) is 30.2. The first kappa shape index (κ1) is 84.4. The Kier molecular flexibility index (Phi) is 66.4. The number of hydrogen-bond donors (Lipinski definition) is 0. The van der Waals surface area contributed by atoms with E-state index >= 15 is 0 Å². The maximum Gasteiger partial charge on any atom is -0.0000117 e. The number of rotatable bonds is 28. The van der Waals surface area contributed by atoms with Crippen LogP contribution >= 0.6 is 471 Å². The van der Waals surface area contributed by atoms with Crippen molar-refractivity contribution in [2.45, 2.75) is 0 Å². The molecule has 0 aromatic heterocycles. The summed E-state index contributed by atoms with van der Waals surface area (Å²) in [4.78, 5) is 0. The van der Waals surface area contributed by atoms with E-state index in [0.29, 0.717) is 0 Å². The molecule has 354 valence electrons. The van der Waals surface area contributed by atoms with Crippen LogP contribution in [0.4, 0.5) is 0 Å².